The number of nitrogens with zero attached hydrogens (tertiary/aromatic N) is 3. The Bertz CT molecular complexity index is 616. The van der Waals surface area contributed by atoms with Gasteiger partial charge in [0.15, 0.2) is 0 Å². The van der Waals surface area contributed by atoms with Gasteiger partial charge in [-0.25, -0.2) is 0 Å². The Morgan fingerprint density at radius 1 is 1.38 bits per heavy atom. The number of benzene rings is 1. The van der Waals surface area contributed by atoms with E-state index >= 15 is 0 Å². The van der Waals surface area contributed by atoms with Crippen LogP contribution < -0.4 is 5.32 Å². The molecule has 2 unspecified atom stereocenters. The summed E-state index contributed by atoms with van der Waals surface area (Å²) < 4.78 is 7.70. The molecule has 130 valence electrons. The lowest BCUT2D eigenvalue weighted by molar-refractivity contribution is -0.0373. The number of aliphatic hydroxyl groups excluding tert-OH is 1. The topological polar surface area (TPSA) is 62.5 Å². The summed E-state index contributed by atoms with van der Waals surface area (Å²) >= 11 is 0. The highest BCUT2D eigenvalue weighted by Gasteiger charge is 2.25. The predicted molar refractivity (Wildman–Crippen MR) is 93.9 cm³/mol. The second-order valence-electron chi connectivity index (χ2n) is 6.28. The van der Waals surface area contributed by atoms with Crippen molar-refractivity contribution in [1.29, 1.82) is 0 Å². The lowest BCUT2D eigenvalue weighted by Gasteiger charge is -2.36. The summed E-state index contributed by atoms with van der Waals surface area (Å²) in [6.07, 6.45) is 3.84. The molecule has 6 heteroatoms. The van der Waals surface area contributed by atoms with E-state index in [1.54, 1.807) is 10.9 Å². The summed E-state index contributed by atoms with van der Waals surface area (Å²) in [6, 6.07) is 10.7. The van der Waals surface area contributed by atoms with Crippen LogP contribution in [-0.2, 0) is 17.8 Å². The first-order chi connectivity index (χ1) is 11.7. The standard InChI is InChI=1S/C18H26N4O2/c1-15(20-17-11-19-22(13-17)7-9-23)18-14-21(8-10-24-18)12-16-5-3-2-4-6-16/h2-6,11,13,15,18,20,23H,7-10,12,14H2,1H3. The summed E-state index contributed by atoms with van der Waals surface area (Å²) in [5.41, 5.74) is 2.30. The molecule has 6 nitrogen and oxygen atoms in total. The van der Waals surface area contributed by atoms with Gasteiger partial charge in [-0.2, -0.15) is 5.10 Å². The largest absolute Gasteiger partial charge is 0.394 e. The number of hydrogen-bond donors (Lipinski definition) is 2. The molecular formula is C18H26N4O2. The quantitative estimate of drug-likeness (QED) is 0.807. The molecule has 1 fully saturated rings. The van der Waals surface area contributed by atoms with Crippen molar-refractivity contribution in [1.82, 2.24) is 14.7 Å². The van der Waals surface area contributed by atoms with Gasteiger partial charge in [0.1, 0.15) is 0 Å². The van der Waals surface area contributed by atoms with E-state index in [4.69, 9.17) is 9.84 Å². The van der Waals surface area contributed by atoms with Crippen LogP contribution in [0.1, 0.15) is 12.5 Å². The van der Waals surface area contributed by atoms with Crippen LogP contribution in [0.4, 0.5) is 5.69 Å². The molecule has 1 aromatic carbocycles. The van der Waals surface area contributed by atoms with E-state index in [0.29, 0.717) is 6.54 Å². The molecule has 0 bridgehead atoms. The van der Waals surface area contributed by atoms with Crippen molar-refractivity contribution < 1.29 is 9.84 Å². The monoisotopic (exact) mass is 330 g/mol. The first-order valence-corrected chi connectivity index (χ1v) is 8.52. The first kappa shape index (κ1) is 17.0. The van der Waals surface area contributed by atoms with E-state index in [0.717, 1.165) is 31.9 Å². The van der Waals surface area contributed by atoms with E-state index in [1.165, 1.54) is 5.56 Å². The summed E-state index contributed by atoms with van der Waals surface area (Å²) in [5.74, 6) is 0. The normalized spacial score (nSPS) is 20.0. The van der Waals surface area contributed by atoms with Crippen LogP contribution in [0.15, 0.2) is 42.7 Å². The molecule has 1 aliphatic heterocycles. The molecule has 2 heterocycles. The van der Waals surface area contributed by atoms with E-state index < -0.39 is 0 Å². The molecule has 0 amide bonds. The van der Waals surface area contributed by atoms with Crippen molar-refractivity contribution in [3.63, 3.8) is 0 Å². The van der Waals surface area contributed by atoms with Crippen molar-refractivity contribution >= 4 is 5.69 Å². The summed E-state index contributed by atoms with van der Waals surface area (Å²) in [4.78, 5) is 2.44. The number of hydrogen-bond acceptors (Lipinski definition) is 5. The third kappa shape index (κ3) is 4.56. The number of morpholine rings is 1. The SMILES string of the molecule is CC(Nc1cnn(CCO)c1)C1CN(Cc2ccccc2)CCO1. The second kappa shape index (κ2) is 8.28. The summed E-state index contributed by atoms with van der Waals surface area (Å²) in [7, 11) is 0. The zero-order valence-corrected chi connectivity index (χ0v) is 14.1. The van der Waals surface area contributed by atoms with Crippen LogP contribution in [0.5, 0.6) is 0 Å². The summed E-state index contributed by atoms with van der Waals surface area (Å²) in [5, 5.41) is 16.6. The number of rotatable bonds is 7. The van der Waals surface area contributed by atoms with Gasteiger partial charge in [-0.05, 0) is 12.5 Å². The van der Waals surface area contributed by atoms with Gasteiger partial charge in [0.2, 0.25) is 0 Å². The number of anilines is 1. The molecule has 0 saturated carbocycles. The minimum atomic E-state index is 0.0941. The van der Waals surface area contributed by atoms with Crippen molar-refractivity contribution in [3.8, 4) is 0 Å². The van der Waals surface area contributed by atoms with Gasteiger partial charge >= 0.3 is 0 Å². The fourth-order valence-electron chi connectivity index (χ4n) is 3.04. The Kier molecular flexibility index (Phi) is 5.85. The zero-order valence-electron chi connectivity index (χ0n) is 14.1. The summed E-state index contributed by atoms with van der Waals surface area (Å²) in [6.45, 7) is 6.34. The molecule has 0 spiro atoms. The van der Waals surface area contributed by atoms with Gasteiger partial charge < -0.3 is 15.2 Å². The van der Waals surface area contributed by atoms with Crippen molar-refractivity contribution in [2.75, 3.05) is 31.6 Å². The Morgan fingerprint density at radius 3 is 3.00 bits per heavy atom. The highest BCUT2D eigenvalue weighted by molar-refractivity contribution is 5.39. The van der Waals surface area contributed by atoms with Crippen molar-refractivity contribution in [2.24, 2.45) is 0 Å². The van der Waals surface area contributed by atoms with Crippen molar-refractivity contribution in [2.45, 2.75) is 32.2 Å². The van der Waals surface area contributed by atoms with Crippen LogP contribution in [-0.4, -0.2) is 58.2 Å². The lowest BCUT2D eigenvalue weighted by atomic mass is 10.1. The fourth-order valence-corrected chi connectivity index (χ4v) is 3.04. The van der Waals surface area contributed by atoms with Crippen LogP contribution in [0.25, 0.3) is 0 Å². The van der Waals surface area contributed by atoms with E-state index in [2.05, 4.69) is 52.6 Å². The molecule has 2 atom stereocenters. The average Bonchev–Trinajstić information content (AvgIpc) is 3.03. The highest BCUT2D eigenvalue weighted by Crippen LogP contribution is 2.16. The van der Waals surface area contributed by atoms with E-state index in [-0.39, 0.29) is 18.8 Å². The molecule has 2 N–H and O–H groups in total. The number of nitrogens with one attached hydrogen (secondary N) is 1. The van der Waals surface area contributed by atoms with Gasteiger partial charge in [0.05, 0.1) is 43.8 Å². The maximum absolute atomic E-state index is 8.96. The third-order valence-corrected chi connectivity index (χ3v) is 4.34. The molecule has 0 radical (unpaired) electrons. The molecule has 0 aliphatic carbocycles. The number of aliphatic hydroxyl groups is 1. The van der Waals surface area contributed by atoms with Crippen LogP contribution in [0.3, 0.4) is 0 Å². The fraction of sp³-hybridized carbons (Fsp3) is 0.500. The molecule has 1 aliphatic rings. The van der Waals surface area contributed by atoms with Crippen molar-refractivity contribution in [3.05, 3.63) is 48.3 Å². The number of ether oxygens (including phenoxy) is 1. The molecule has 1 aromatic heterocycles. The maximum atomic E-state index is 8.96. The second-order valence-corrected chi connectivity index (χ2v) is 6.28. The lowest BCUT2D eigenvalue weighted by Crippen LogP contribution is -2.48. The molecule has 3 rings (SSSR count). The third-order valence-electron chi connectivity index (χ3n) is 4.34. The molecule has 1 saturated heterocycles. The van der Waals surface area contributed by atoms with E-state index in [9.17, 15) is 0 Å². The molecule has 2 aromatic rings. The first-order valence-electron chi connectivity index (χ1n) is 8.52. The minimum Gasteiger partial charge on any atom is -0.394 e. The molecular weight excluding hydrogens is 304 g/mol. The minimum absolute atomic E-state index is 0.0941. The predicted octanol–water partition coefficient (Wildman–Crippen LogP) is 1.58. The van der Waals surface area contributed by atoms with E-state index in [1.807, 2.05) is 6.20 Å². The average molecular weight is 330 g/mol. The smallest absolute Gasteiger partial charge is 0.0900 e. The van der Waals surface area contributed by atoms with Crippen LogP contribution >= 0.6 is 0 Å². The Labute approximate surface area is 143 Å². The van der Waals surface area contributed by atoms with Gasteiger partial charge in [0, 0.05) is 25.8 Å². The van der Waals surface area contributed by atoms with Gasteiger partial charge in [-0.1, -0.05) is 30.3 Å². The Balaban J connectivity index is 1.53. The highest BCUT2D eigenvalue weighted by atomic mass is 16.5. The Morgan fingerprint density at radius 2 is 2.21 bits per heavy atom. The van der Waals surface area contributed by atoms with Gasteiger partial charge in [-0.3, -0.25) is 9.58 Å². The van der Waals surface area contributed by atoms with Gasteiger partial charge in [-0.15, -0.1) is 0 Å². The van der Waals surface area contributed by atoms with Crippen LogP contribution in [0.2, 0.25) is 0 Å². The van der Waals surface area contributed by atoms with Gasteiger partial charge in [0.25, 0.3) is 0 Å². The zero-order chi connectivity index (χ0) is 16.8. The number of aromatic nitrogens is 2. The maximum Gasteiger partial charge on any atom is 0.0900 e. The molecule has 24 heavy (non-hydrogen) atoms. The Hall–Kier alpha value is -1.89. The van der Waals surface area contributed by atoms with Crippen LogP contribution in [0, 0.1) is 0 Å².